The molecular formula is C19H24N2O6S. The summed E-state index contributed by atoms with van der Waals surface area (Å²) in [5, 5.41) is 2.79. The Morgan fingerprint density at radius 2 is 1.64 bits per heavy atom. The minimum Gasteiger partial charge on any atom is -0.493 e. The third kappa shape index (κ3) is 4.48. The highest BCUT2D eigenvalue weighted by molar-refractivity contribution is 7.92. The monoisotopic (exact) mass is 408 g/mol. The number of carbonyl (C=O) groups is 1. The summed E-state index contributed by atoms with van der Waals surface area (Å²) in [6, 6.07) is 9.96. The summed E-state index contributed by atoms with van der Waals surface area (Å²) < 4.78 is 40.8. The number of hydrogen-bond donors (Lipinski definition) is 1. The van der Waals surface area contributed by atoms with E-state index in [1.54, 1.807) is 36.4 Å². The predicted octanol–water partition coefficient (Wildman–Crippen LogP) is 2.04. The van der Waals surface area contributed by atoms with Gasteiger partial charge in [-0.05, 0) is 24.3 Å². The highest BCUT2D eigenvalue weighted by Crippen LogP contribution is 2.39. The van der Waals surface area contributed by atoms with Gasteiger partial charge in [-0.15, -0.1) is 0 Å². The van der Waals surface area contributed by atoms with E-state index in [1.165, 1.54) is 28.4 Å². The number of carbonyl (C=O) groups excluding carboxylic acids is 1. The van der Waals surface area contributed by atoms with Gasteiger partial charge < -0.3 is 19.5 Å². The maximum atomic E-state index is 12.7. The van der Waals surface area contributed by atoms with Gasteiger partial charge in [0.1, 0.15) is 0 Å². The Balaban J connectivity index is 2.29. The van der Waals surface area contributed by atoms with E-state index in [9.17, 15) is 13.2 Å². The number of hydrogen-bond acceptors (Lipinski definition) is 6. The van der Waals surface area contributed by atoms with Gasteiger partial charge in [-0.1, -0.05) is 12.1 Å². The molecule has 2 aromatic carbocycles. The second-order valence-corrected chi connectivity index (χ2v) is 7.94. The van der Waals surface area contributed by atoms with Crippen LogP contribution >= 0.6 is 0 Å². The van der Waals surface area contributed by atoms with Crippen molar-refractivity contribution in [2.24, 2.45) is 0 Å². The van der Waals surface area contributed by atoms with Crippen LogP contribution in [0.5, 0.6) is 17.2 Å². The molecule has 0 radical (unpaired) electrons. The van der Waals surface area contributed by atoms with Gasteiger partial charge in [0.2, 0.25) is 15.8 Å². The highest BCUT2D eigenvalue weighted by Gasteiger charge is 2.20. The molecule has 0 aliphatic heterocycles. The van der Waals surface area contributed by atoms with Gasteiger partial charge in [0.25, 0.3) is 5.91 Å². The van der Waals surface area contributed by atoms with E-state index in [0.29, 0.717) is 28.5 Å². The van der Waals surface area contributed by atoms with Crippen LogP contribution in [-0.4, -0.2) is 49.0 Å². The summed E-state index contributed by atoms with van der Waals surface area (Å²) in [5.41, 5.74) is 1.22. The lowest BCUT2D eigenvalue weighted by Gasteiger charge is -2.20. The first kappa shape index (κ1) is 21.4. The third-order valence-electron chi connectivity index (χ3n) is 4.21. The van der Waals surface area contributed by atoms with Gasteiger partial charge in [0.05, 0.1) is 38.8 Å². The van der Waals surface area contributed by atoms with Gasteiger partial charge in [0.15, 0.2) is 11.5 Å². The number of para-hydroxylation sites is 1. The van der Waals surface area contributed by atoms with Crippen molar-refractivity contribution in [3.8, 4) is 17.2 Å². The maximum Gasteiger partial charge on any atom is 0.253 e. The number of methoxy groups -OCH3 is 3. The van der Waals surface area contributed by atoms with Crippen molar-refractivity contribution in [2.45, 2.75) is 6.54 Å². The van der Waals surface area contributed by atoms with Crippen LogP contribution in [0, 0.1) is 0 Å². The van der Waals surface area contributed by atoms with E-state index < -0.39 is 15.9 Å². The lowest BCUT2D eigenvalue weighted by molar-refractivity contribution is 0.0951. The molecule has 0 spiro atoms. The lowest BCUT2D eigenvalue weighted by atomic mass is 10.1. The predicted molar refractivity (Wildman–Crippen MR) is 107 cm³/mol. The first-order chi connectivity index (χ1) is 13.2. The van der Waals surface area contributed by atoms with E-state index in [0.717, 1.165) is 10.6 Å². The van der Waals surface area contributed by atoms with Crippen LogP contribution in [0.25, 0.3) is 0 Å². The van der Waals surface area contributed by atoms with Crippen LogP contribution < -0.4 is 23.8 Å². The highest BCUT2D eigenvalue weighted by atomic mass is 32.2. The van der Waals surface area contributed by atoms with Crippen LogP contribution in [0.1, 0.15) is 15.9 Å². The van der Waals surface area contributed by atoms with Crippen molar-refractivity contribution in [3.63, 3.8) is 0 Å². The molecule has 8 nitrogen and oxygen atoms in total. The van der Waals surface area contributed by atoms with Crippen LogP contribution in [0.3, 0.4) is 0 Å². The topological polar surface area (TPSA) is 94.2 Å². The standard InChI is InChI=1S/C19H24N2O6S/c1-21(28(5,23)24)15-9-7-6-8-14(15)19(22)20-12-13-10-11-16(25-2)18(27-4)17(13)26-3/h6-11H,12H2,1-5H3,(H,20,22). The fraction of sp³-hybridized carbons (Fsp3) is 0.316. The van der Waals surface area contributed by atoms with Gasteiger partial charge in [0, 0.05) is 19.2 Å². The molecular weight excluding hydrogens is 384 g/mol. The molecule has 1 N–H and O–H groups in total. The molecule has 0 bridgehead atoms. The van der Waals surface area contributed by atoms with Gasteiger partial charge in [-0.2, -0.15) is 0 Å². The zero-order valence-electron chi connectivity index (χ0n) is 16.5. The fourth-order valence-electron chi connectivity index (χ4n) is 2.69. The molecule has 0 saturated carbocycles. The molecule has 0 atom stereocenters. The molecule has 0 unspecified atom stereocenters. The number of anilines is 1. The molecule has 28 heavy (non-hydrogen) atoms. The van der Waals surface area contributed by atoms with E-state index in [1.807, 2.05) is 0 Å². The number of nitrogens with one attached hydrogen (secondary N) is 1. The number of amides is 1. The van der Waals surface area contributed by atoms with Crippen molar-refractivity contribution in [1.82, 2.24) is 5.32 Å². The Kier molecular flexibility index (Phi) is 6.74. The lowest BCUT2D eigenvalue weighted by Crippen LogP contribution is -2.29. The Hall–Kier alpha value is -2.94. The van der Waals surface area contributed by atoms with Gasteiger partial charge in [-0.25, -0.2) is 8.42 Å². The van der Waals surface area contributed by atoms with E-state index >= 15 is 0 Å². The Bertz CT molecular complexity index is 959. The summed E-state index contributed by atoms with van der Waals surface area (Å²) in [5.74, 6) is 0.968. The quantitative estimate of drug-likeness (QED) is 0.718. The second kappa shape index (κ2) is 8.83. The summed E-state index contributed by atoms with van der Waals surface area (Å²) in [7, 11) is 2.42. The first-order valence-electron chi connectivity index (χ1n) is 8.33. The molecule has 9 heteroatoms. The van der Waals surface area contributed by atoms with Gasteiger partial charge in [-0.3, -0.25) is 9.10 Å². The molecule has 0 aliphatic rings. The van der Waals surface area contributed by atoms with Gasteiger partial charge >= 0.3 is 0 Å². The fourth-order valence-corrected chi connectivity index (χ4v) is 3.21. The molecule has 0 fully saturated rings. The first-order valence-corrected chi connectivity index (χ1v) is 10.2. The SMILES string of the molecule is COc1ccc(CNC(=O)c2ccccc2N(C)S(C)(=O)=O)c(OC)c1OC. The van der Waals surface area contributed by atoms with E-state index in [2.05, 4.69) is 5.32 Å². The summed E-state index contributed by atoms with van der Waals surface area (Å²) in [6.07, 6.45) is 1.08. The second-order valence-electron chi connectivity index (χ2n) is 5.92. The van der Waals surface area contributed by atoms with Crippen LogP contribution in [0.2, 0.25) is 0 Å². The number of benzene rings is 2. The van der Waals surface area contributed by atoms with Crippen molar-refractivity contribution in [3.05, 3.63) is 47.5 Å². The van der Waals surface area contributed by atoms with E-state index in [-0.39, 0.29) is 12.1 Å². The minimum absolute atomic E-state index is 0.152. The zero-order chi connectivity index (χ0) is 20.9. The average Bonchev–Trinajstić information content (AvgIpc) is 2.69. The summed E-state index contributed by atoms with van der Waals surface area (Å²) >= 11 is 0. The van der Waals surface area contributed by atoms with Crippen LogP contribution in [0.15, 0.2) is 36.4 Å². The maximum absolute atomic E-state index is 12.7. The van der Waals surface area contributed by atoms with Crippen LogP contribution in [-0.2, 0) is 16.6 Å². The molecule has 0 aliphatic carbocycles. The minimum atomic E-state index is -3.50. The van der Waals surface area contributed by atoms with E-state index in [4.69, 9.17) is 14.2 Å². The zero-order valence-corrected chi connectivity index (χ0v) is 17.3. The number of ether oxygens (including phenoxy) is 3. The molecule has 2 aromatic rings. The summed E-state index contributed by atoms with van der Waals surface area (Å²) in [4.78, 5) is 12.7. The van der Waals surface area contributed by atoms with Crippen LogP contribution in [0.4, 0.5) is 5.69 Å². The van der Waals surface area contributed by atoms with Crippen molar-refractivity contribution in [1.29, 1.82) is 0 Å². The van der Waals surface area contributed by atoms with Crippen molar-refractivity contribution >= 4 is 21.6 Å². The Morgan fingerprint density at radius 1 is 1.00 bits per heavy atom. The molecule has 1 amide bonds. The number of rotatable bonds is 8. The van der Waals surface area contributed by atoms with Crippen molar-refractivity contribution in [2.75, 3.05) is 38.9 Å². The Labute approximate surface area is 165 Å². The number of nitrogens with zero attached hydrogens (tertiary/aromatic N) is 1. The third-order valence-corrected chi connectivity index (χ3v) is 5.40. The molecule has 0 aromatic heterocycles. The van der Waals surface area contributed by atoms with Crippen molar-refractivity contribution < 1.29 is 27.4 Å². The number of sulfonamides is 1. The average molecular weight is 408 g/mol. The molecule has 0 saturated heterocycles. The largest absolute Gasteiger partial charge is 0.493 e. The molecule has 2 rings (SSSR count). The Morgan fingerprint density at radius 3 is 2.21 bits per heavy atom. The normalized spacial score (nSPS) is 10.9. The smallest absolute Gasteiger partial charge is 0.253 e. The summed E-state index contributed by atoms with van der Waals surface area (Å²) in [6.45, 7) is 0.152. The molecule has 152 valence electrons. The molecule has 0 heterocycles.